The molecule has 1 aliphatic carbocycles. The van der Waals surface area contributed by atoms with Crippen LogP contribution in [0.25, 0.3) is 0 Å². The highest BCUT2D eigenvalue weighted by molar-refractivity contribution is 5.82. The van der Waals surface area contributed by atoms with Gasteiger partial charge in [0.05, 0.1) is 6.04 Å². The summed E-state index contributed by atoms with van der Waals surface area (Å²) in [5.74, 6) is 0.805. The highest BCUT2D eigenvalue weighted by atomic mass is 16.2. The van der Waals surface area contributed by atoms with E-state index in [1.54, 1.807) is 0 Å². The van der Waals surface area contributed by atoms with Gasteiger partial charge in [-0.2, -0.15) is 0 Å². The molecular formula is C9H16N2O. The Morgan fingerprint density at radius 1 is 1.25 bits per heavy atom. The zero-order chi connectivity index (χ0) is 8.55. The van der Waals surface area contributed by atoms with Crippen LogP contribution < -0.4 is 11.1 Å². The van der Waals surface area contributed by atoms with Crippen LogP contribution in [0.15, 0.2) is 0 Å². The molecule has 2 rings (SSSR count). The fourth-order valence-corrected chi connectivity index (χ4v) is 2.05. The first kappa shape index (κ1) is 8.05. The second kappa shape index (κ2) is 3.05. The molecule has 1 saturated carbocycles. The van der Waals surface area contributed by atoms with Gasteiger partial charge in [0.2, 0.25) is 5.91 Å². The molecule has 2 fully saturated rings. The van der Waals surface area contributed by atoms with E-state index < -0.39 is 0 Å². The van der Waals surface area contributed by atoms with E-state index in [4.69, 9.17) is 5.73 Å². The minimum atomic E-state index is -0.249. The molecule has 0 radical (unpaired) electrons. The molecule has 1 aliphatic heterocycles. The van der Waals surface area contributed by atoms with Gasteiger partial charge in [0.15, 0.2) is 0 Å². The summed E-state index contributed by atoms with van der Waals surface area (Å²) in [6.07, 6.45) is 5.87. The van der Waals surface area contributed by atoms with Crippen LogP contribution in [0.2, 0.25) is 0 Å². The van der Waals surface area contributed by atoms with Crippen LogP contribution >= 0.6 is 0 Å². The molecule has 1 heterocycles. The molecule has 12 heavy (non-hydrogen) atoms. The summed E-state index contributed by atoms with van der Waals surface area (Å²) in [5, 5.41) is 3.00. The van der Waals surface area contributed by atoms with Gasteiger partial charge in [-0.3, -0.25) is 4.79 Å². The Hall–Kier alpha value is -0.570. The monoisotopic (exact) mass is 168 g/mol. The molecule has 0 aromatic heterocycles. The lowest BCUT2D eigenvalue weighted by Crippen LogP contribution is -2.53. The topological polar surface area (TPSA) is 55.1 Å². The van der Waals surface area contributed by atoms with Crippen LogP contribution in [-0.4, -0.2) is 18.0 Å². The Morgan fingerprint density at radius 3 is 2.50 bits per heavy atom. The third kappa shape index (κ3) is 1.33. The van der Waals surface area contributed by atoms with Gasteiger partial charge >= 0.3 is 0 Å². The third-order valence-corrected chi connectivity index (χ3v) is 3.17. The summed E-state index contributed by atoms with van der Waals surface area (Å²) in [7, 11) is 0. The van der Waals surface area contributed by atoms with E-state index in [0.717, 1.165) is 18.8 Å². The summed E-state index contributed by atoms with van der Waals surface area (Å²) in [6.45, 7) is 0. The maximum atomic E-state index is 11.2. The van der Waals surface area contributed by atoms with Crippen molar-refractivity contribution in [1.29, 1.82) is 0 Å². The van der Waals surface area contributed by atoms with E-state index in [0.29, 0.717) is 6.04 Å². The number of amides is 1. The molecular weight excluding hydrogens is 152 g/mol. The molecule has 0 bridgehead atoms. The largest absolute Gasteiger partial charge is 0.352 e. The molecule has 1 amide bonds. The lowest BCUT2D eigenvalue weighted by Gasteiger charge is -2.37. The summed E-state index contributed by atoms with van der Waals surface area (Å²) in [5.41, 5.74) is 5.59. The maximum absolute atomic E-state index is 11.2. The van der Waals surface area contributed by atoms with Gasteiger partial charge in [0, 0.05) is 6.04 Å². The maximum Gasteiger partial charge on any atom is 0.237 e. The predicted octanol–water partition coefficient (Wildman–Crippen LogP) is 0.392. The zero-order valence-electron chi connectivity index (χ0n) is 7.25. The molecule has 0 spiro atoms. The van der Waals surface area contributed by atoms with E-state index in [1.807, 2.05) is 0 Å². The van der Waals surface area contributed by atoms with Gasteiger partial charge in [0.25, 0.3) is 0 Å². The van der Waals surface area contributed by atoms with Crippen LogP contribution in [0.5, 0.6) is 0 Å². The molecule has 3 N–H and O–H groups in total. The van der Waals surface area contributed by atoms with Crippen molar-refractivity contribution in [2.24, 2.45) is 11.7 Å². The average Bonchev–Trinajstić information content (AvgIpc) is 1.93. The quantitative estimate of drug-likeness (QED) is 0.595. The van der Waals surface area contributed by atoms with Crippen LogP contribution in [0.3, 0.4) is 0 Å². The van der Waals surface area contributed by atoms with Crippen molar-refractivity contribution in [1.82, 2.24) is 5.32 Å². The Bertz CT molecular complexity index is 189. The minimum absolute atomic E-state index is 0.0538. The first-order chi connectivity index (χ1) is 5.77. The van der Waals surface area contributed by atoms with Crippen molar-refractivity contribution < 1.29 is 4.79 Å². The van der Waals surface area contributed by atoms with Crippen molar-refractivity contribution in [2.45, 2.75) is 44.2 Å². The Labute approximate surface area is 72.7 Å². The van der Waals surface area contributed by atoms with Crippen LogP contribution in [0.4, 0.5) is 0 Å². The summed E-state index contributed by atoms with van der Waals surface area (Å²) >= 11 is 0. The smallest absolute Gasteiger partial charge is 0.237 e. The Kier molecular flexibility index (Phi) is 2.05. The second-order valence-corrected chi connectivity index (χ2v) is 3.99. The molecule has 2 atom stereocenters. The third-order valence-electron chi connectivity index (χ3n) is 3.17. The molecule has 0 aromatic carbocycles. The number of nitrogens with one attached hydrogen (secondary N) is 1. The van der Waals surface area contributed by atoms with E-state index >= 15 is 0 Å². The van der Waals surface area contributed by atoms with Gasteiger partial charge < -0.3 is 11.1 Å². The molecule has 68 valence electrons. The predicted molar refractivity (Wildman–Crippen MR) is 46.5 cm³/mol. The second-order valence-electron chi connectivity index (χ2n) is 3.99. The average molecular weight is 168 g/mol. The van der Waals surface area contributed by atoms with Gasteiger partial charge in [-0.15, -0.1) is 0 Å². The summed E-state index contributed by atoms with van der Waals surface area (Å²) in [4.78, 5) is 11.2. The van der Waals surface area contributed by atoms with E-state index in [9.17, 15) is 4.79 Å². The molecule has 0 aromatic rings. The molecule has 2 aliphatic rings. The number of carbonyl (C=O) groups is 1. The van der Waals surface area contributed by atoms with Gasteiger partial charge in [-0.05, 0) is 31.6 Å². The van der Waals surface area contributed by atoms with Crippen molar-refractivity contribution in [2.75, 3.05) is 0 Å². The number of piperidine rings is 1. The van der Waals surface area contributed by atoms with Crippen molar-refractivity contribution in [3.63, 3.8) is 0 Å². The van der Waals surface area contributed by atoms with Gasteiger partial charge in [0.1, 0.15) is 0 Å². The van der Waals surface area contributed by atoms with Gasteiger partial charge in [-0.25, -0.2) is 0 Å². The molecule has 3 heteroatoms. The zero-order valence-corrected chi connectivity index (χ0v) is 7.25. The normalized spacial score (nSPS) is 37.2. The van der Waals surface area contributed by atoms with Crippen molar-refractivity contribution >= 4 is 5.91 Å². The van der Waals surface area contributed by atoms with Crippen LogP contribution in [0, 0.1) is 5.92 Å². The van der Waals surface area contributed by atoms with Crippen molar-refractivity contribution in [3.05, 3.63) is 0 Å². The highest BCUT2D eigenvalue weighted by Gasteiger charge is 2.33. The lowest BCUT2D eigenvalue weighted by atomic mass is 9.76. The number of carbonyl (C=O) groups excluding carboxylic acids is 1. The SMILES string of the molecule is NC1CCC(C2CCC2)NC1=O. The van der Waals surface area contributed by atoms with Crippen molar-refractivity contribution in [3.8, 4) is 0 Å². The van der Waals surface area contributed by atoms with E-state index in [1.165, 1.54) is 19.3 Å². The molecule has 2 unspecified atom stereocenters. The molecule has 3 nitrogen and oxygen atoms in total. The van der Waals surface area contributed by atoms with E-state index in [2.05, 4.69) is 5.32 Å². The minimum Gasteiger partial charge on any atom is -0.352 e. The number of hydrogen-bond acceptors (Lipinski definition) is 2. The standard InChI is InChI=1S/C9H16N2O/c10-7-4-5-8(11-9(7)12)6-2-1-3-6/h6-8H,1-5,10H2,(H,11,12). The van der Waals surface area contributed by atoms with Crippen LogP contribution in [0.1, 0.15) is 32.1 Å². The lowest BCUT2D eigenvalue weighted by molar-refractivity contribution is -0.125. The molecule has 1 saturated heterocycles. The van der Waals surface area contributed by atoms with E-state index in [-0.39, 0.29) is 11.9 Å². The number of rotatable bonds is 1. The highest BCUT2D eigenvalue weighted by Crippen LogP contribution is 2.32. The number of hydrogen-bond donors (Lipinski definition) is 2. The van der Waals surface area contributed by atoms with Crippen LogP contribution in [-0.2, 0) is 4.79 Å². The fourth-order valence-electron chi connectivity index (χ4n) is 2.05. The number of nitrogens with two attached hydrogens (primary N) is 1. The summed E-state index contributed by atoms with van der Waals surface area (Å²) < 4.78 is 0. The first-order valence-electron chi connectivity index (χ1n) is 4.83. The Balaban J connectivity index is 1.89. The summed E-state index contributed by atoms with van der Waals surface area (Å²) in [6, 6.07) is 0.187. The Morgan fingerprint density at radius 2 is 2.00 bits per heavy atom. The first-order valence-corrected chi connectivity index (χ1v) is 4.83. The fraction of sp³-hybridized carbons (Fsp3) is 0.889. The van der Waals surface area contributed by atoms with Gasteiger partial charge in [-0.1, -0.05) is 6.42 Å².